The Bertz CT molecular complexity index is 623. The molecule has 0 atom stereocenters. The minimum Gasteiger partial charge on any atom is -0.437 e. The van der Waals surface area contributed by atoms with E-state index in [4.69, 9.17) is 27.9 Å². The van der Waals surface area contributed by atoms with E-state index in [9.17, 15) is 8.78 Å². The molecule has 0 unspecified atom stereocenters. The van der Waals surface area contributed by atoms with Crippen LogP contribution in [0.5, 0.6) is 11.6 Å². The molecular weight excluding hydrogens is 297 g/mol. The predicted molar refractivity (Wildman–Crippen MR) is 70.2 cm³/mol. The highest BCUT2D eigenvalue weighted by Gasteiger charge is 2.11. The number of benzene rings is 1. The van der Waals surface area contributed by atoms with Gasteiger partial charge in [-0.05, 0) is 18.2 Å². The van der Waals surface area contributed by atoms with Crippen LogP contribution in [0.25, 0.3) is 0 Å². The molecule has 0 bridgehead atoms. The summed E-state index contributed by atoms with van der Waals surface area (Å²) in [7, 11) is 1.63. The molecule has 0 aliphatic heterocycles. The summed E-state index contributed by atoms with van der Waals surface area (Å²) in [4.78, 5) is 4.02. The van der Waals surface area contributed by atoms with Crippen LogP contribution in [0.1, 0.15) is 0 Å². The number of rotatable bonds is 3. The molecule has 0 fully saturated rings. The maximum atomic E-state index is 13.1. The summed E-state index contributed by atoms with van der Waals surface area (Å²) < 4.78 is 31.1. The summed E-state index contributed by atoms with van der Waals surface area (Å²) in [5.74, 6) is -1.49. The Morgan fingerprint density at radius 1 is 1.11 bits per heavy atom. The van der Waals surface area contributed by atoms with E-state index >= 15 is 0 Å². The second kappa shape index (κ2) is 5.59. The number of hydrogen-bond donors (Lipinski definition) is 1. The van der Waals surface area contributed by atoms with Gasteiger partial charge in [-0.1, -0.05) is 23.2 Å². The van der Waals surface area contributed by atoms with Gasteiger partial charge in [-0.2, -0.15) is 4.98 Å². The Balaban J connectivity index is 2.34. The Labute approximate surface area is 118 Å². The van der Waals surface area contributed by atoms with Crippen molar-refractivity contribution < 1.29 is 13.5 Å². The summed E-state index contributed by atoms with van der Waals surface area (Å²) in [6.45, 7) is 0. The first-order valence-corrected chi connectivity index (χ1v) is 5.93. The van der Waals surface area contributed by atoms with E-state index in [2.05, 4.69) is 10.3 Å². The zero-order chi connectivity index (χ0) is 14.0. The van der Waals surface area contributed by atoms with Crippen LogP contribution in [0.3, 0.4) is 0 Å². The maximum absolute atomic E-state index is 13.1. The molecule has 100 valence electrons. The van der Waals surface area contributed by atoms with Gasteiger partial charge in [0, 0.05) is 13.1 Å². The average molecular weight is 305 g/mol. The summed E-state index contributed by atoms with van der Waals surface area (Å²) in [5.41, 5.74) is 0. The molecule has 2 rings (SSSR count). The van der Waals surface area contributed by atoms with Crippen molar-refractivity contribution in [3.63, 3.8) is 0 Å². The Kier molecular flexibility index (Phi) is 4.07. The standard InChI is InChI=1S/C12H8Cl2F2N2O/c1-17-11-7(13)5-8(14)12(18-11)19-6-2-3-9(15)10(16)4-6/h2-5H,1H3,(H,17,18). The minimum absolute atomic E-state index is 0.0430. The van der Waals surface area contributed by atoms with E-state index < -0.39 is 11.6 Å². The second-order valence-electron chi connectivity index (χ2n) is 3.53. The van der Waals surface area contributed by atoms with Crippen molar-refractivity contribution in [2.75, 3.05) is 12.4 Å². The number of halogens is 4. The third-order valence-electron chi connectivity index (χ3n) is 2.24. The number of hydrogen-bond acceptors (Lipinski definition) is 3. The normalized spacial score (nSPS) is 10.4. The zero-order valence-corrected chi connectivity index (χ0v) is 11.2. The van der Waals surface area contributed by atoms with Crippen molar-refractivity contribution in [3.8, 4) is 11.6 Å². The molecule has 1 aromatic carbocycles. The number of ether oxygens (including phenoxy) is 1. The SMILES string of the molecule is CNc1nc(Oc2ccc(F)c(F)c2)c(Cl)cc1Cl. The van der Waals surface area contributed by atoms with Crippen LogP contribution < -0.4 is 10.1 Å². The van der Waals surface area contributed by atoms with Crippen LogP contribution in [0.2, 0.25) is 10.0 Å². The number of aromatic nitrogens is 1. The monoisotopic (exact) mass is 304 g/mol. The lowest BCUT2D eigenvalue weighted by atomic mass is 10.3. The van der Waals surface area contributed by atoms with E-state index in [1.54, 1.807) is 7.05 Å². The smallest absolute Gasteiger partial charge is 0.240 e. The summed E-state index contributed by atoms with van der Waals surface area (Å²) in [6.07, 6.45) is 0. The van der Waals surface area contributed by atoms with Gasteiger partial charge in [0.15, 0.2) is 11.6 Å². The van der Waals surface area contributed by atoms with Crippen LogP contribution in [-0.2, 0) is 0 Å². The van der Waals surface area contributed by atoms with Gasteiger partial charge < -0.3 is 10.1 Å². The van der Waals surface area contributed by atoms with Gasteiger partial charge in [0.2, 0.25) is 5.88 Å². The molecule has 0 aliphatic rings. The third-order valence-corrected chi connectivity index (χ3v) is 2.80. The lowest BCUT2D eigenvalue weighted by molar-refractivity contribution is 0.448. The Morgan fingerprint density at radius 3 is 2.47 bits per heavy atom. The molecule has 1 N–H and O–H groups in total. The Hall–Kier alpha value is -1.59. The molecule has 0 radical (unpaired) electrons. The summed E-state index contributed by atoms with van der Waals surface area (Å²) in [5, 5.41) is 3.24. The first kappa shape index (κ1) is 13.8. The molecule has 1 heterocycles. The first-order chi connectivity index (χ1) is 9.01. The van der Waals surface area contributed by atoms with E-state index in [0.717, 1.165) is 12.1 Å². The topological polar surface area (TPSA) is 34.2 Å². The highest BCUT2D eigenvalue weighted by molar-refractivity contribution is 6.36. The van der Waals surface area contributed by atoms with E-state index in [1.165, 1.54) is 12.1 Å². The van der Waals surface area contributed by atoms with Gasteiger partial charge in [0.25, 0.3) is 0 Å². The van der Waals surface area contributed by atoms with Crippen molar-refractivity contribution in [2.24, 2.45) is 0 Å². The van der Waals surface area contributed by atoms with Crippen molar-refractivity contribution >= 4 is 29.0 Å². The molecule has 2 aromatic rings. The van der Waals surface area contributed by atoms with Crippen LogP contribution >= 0.6 is 23.2 Å². The quantitative estimate of drug-likeness (QED) is 0.906. The number of pyridine rings is 1. The summed E-state index contributed by atoms with van der Waals surface area (Å²) >= 11 is 11.8. The lowest BCUT2D eigenvalue weighted by Crippen LogP contribution is -1.97. The molecule has 0 amide bonds. The van der Waals surface area contributed by atoms with Gasteiger partial charge in [0.05, 0.1) is 5.02 Å². The van der Waals surface area contributed by atoms with Crippen LogP contribution in [-0.4, -0.2) is 12.0 Å². The van der Waals surface area contributed by atoms with Crippen molar-refractivity contribution in [2.45, 2.75) is 0 Å². The van der Waals surface area contributed by atoms with Crippen LogP contribution in [0.15, 0.2) is 24.3 Å². The van der Waals surface area contributed by atoms with Gasteiger partial charge in [0.1, 0.15) is 16.6 Å². The fourth-order valence-electron chi connectivity index (χ4n) is 1.35. The second-order valence-corrected chi connectivity index (χ2v) is 4.35. The maximum Gasteiger partial charge on any atom is 0.240 e. The molecule has 19 heavy (non-hydrogen) atoms. The van der Waals surface area contributed by atoms with Crippen LogP contribution in [0, 0.1) is 11.6 Å². The molecule has 0 saturated carbocycles. The molecule has 0 spiro atoms. The predicted octanol–water partition coefficient (Wildman–Crippen LogP) is 4.50. The highest BCUT2D eigenvalue weighted by Crippen LogP contribution is 2.33. The van der Waals surface area contributed by atoms with Crippen molar-refractivity contribution in [1.29, 1.82) is 0 Å². The number of nitrogens with zero attached hydrogens (tertiary/aromatic N) is 1. The Morgan fingerprint density at radius 2 is 1.84 bits per heavy atom. The van der Waals surface area contributed by atoms with Gasteiger partial charge in [-0.25, -0.2) is 8.78 Å². The largest absolute Gasteiger partial charge is 0.437 e. The van der Waals surface area contributed by atoms with E-state index in [0.29, 0.717) is 10.8 Å². The fraction of sp³-hybridized carbons (Fsp3) is 0.0833. The third kappa shape index (κ3) is 3.05. The minimum atomic E-state index is -1.02. The van der Waals surface area contributed by atoms with Gasteiger partial charge >= 0.3 is 0 Å². The molecule has 0 aliphatic carbocycles. The number of anilines is 1. The molecule has 0 saturated heterocycles. The van der Waals surface area contributed by atoms with Crippen molar-refractivity contribution in [3.05, 3.63) is 45.9 Å². The zero-order valence-electron chi connectivity index (χ0n) is 9.68. The molecular formula is C12H8Cl2F2N2O. The fourth-order valence-corrected chi connectivity index (χ4v) is 1.84. The molecule has 7 heteroatoms. The van der Waals surface area contributed by atoms with Crippen LogP contribution in [0.4, 0.5) is 14.6 Å². The molecule has 1 aromatic heterocycles. The average Bonchev–Trinajstić information content (AvgIpc) is 2.37. The lowest BCUT2D eigenvalue weighted by Gasteiger charge is -2.10. The highest BCUT2D eigenvalue weighted by atomic mass is 35.5. The summed E-state index contributed by atoms with van der Waals surface area (Å²) in [6, 6.07) is 4.57. The first-order valence-electron chi connectivity index (χ1n) is 5.18. The van der Waals surface area contributed by atoms with E-state index in [1.807, 2.05) is 0 Å². The van der Waals surface area contributed by atoms with E-state index in [-0.39, 0.29) is 16.7 Å². The van der Waals surface area contributed by atoms with Gasteiger partial charge in [-0.15, -0.1) is 0 Å². The van der Waals surface area contributed by atoms with Gasteiger partial charge in [-0.3, -0.25) is 0 Å². The van der Waals surface area contributed by atoms with Crippen molar-refractivity contribution in [1.82, 2.24) is 4.98 Å². The molecule has 3 nitrogen and oxygen atoms in total. The number of nitrogens with one attached hydrogen (secondary N) is 1.